The molecule has 10 heteroatoms. The van der Waals surface area contributed by atoms with E-state index in [2.05, 4.69) is 41.5 Å². The molecule has 7 rings (SSSR count). The van der Waals surface area contributed by atoms with Crippen molar-refractivity contribution in [1.29, 1.82) is 0 Å². The van der Waals surface area contributed by atoms with E-state index in [9.17, 15) is 9.59 Å². The van der Waals surface area contributed by atoms with Crippen molar-refractivity contribution < 1.29 is 9.59 Å². The highest BCUT2D eigenvalue weighted by Gasteiger charge is 2.23. The molecule has 6 aromatic rings. The van der Waals surface area contributed by atoms with Gasteiger partial charge in [0.2, 0.25) is 5.91 Å². The Bertz CT molecular complexity index is 1910. The molecule has 0 aliphatic heterocycles. The first-order valence-electron chi connectivity index (χ1n) is 13.2. The molecule has 0 atom stereocenters. The van der Waals surface area contributed by atoms with Crippen molar-refractivity contribution in [2.75, 3.05) is 5.32 Å². The minimum absolute atomic E-state index is 0.0514. The topological polar surface area (TPSA) is 129 Å². The van der Waals surface area contributed by atoms with Crippen LogP contribution in [0.25, 0.3) is 54.9 Å². The fourth-order valence-electron chi connectivity index (χ4n) is 5.41. The van der Waals surface area contributed by atoms with Crippen LogP contribution in [0.5, 0.6) is 0 Å². The monoisotopic (exact) mass is 547 g/mol. The highest BCUT2D eigenvalue weighted by atomic mass is 32.1. The van der Waals surface area contributed by atoms with Gasteiger partial charge in [0.25, 0.3) is 0 Å². The molecule has 40 heavy (non-hydrogen) atoms. The number of H-pyrrole nitrogens is 2. The van der Waals surface area contributed by atoms with Crippen LogP contribution in [-0.2, 0) is 4.79 Å². The lowest BCUT2D eigenvalue weighted by atomic mass is 10.1. The molecule has 1 aliphatic rings. The number of nitrogens with zero attached hydrogens (tertiary/aromatic N) is 4. The van der Waals surface area contributed by atoms with Gasteiger partial charge in [-0.1, -0.05) is 12.8 Å². The van der Waals surface area contributed by atoms with E-state index in [4.69, 9.17) is 0 Å². The third-order valence-corrected chi connectivity index (χ3v) is 8.71. The van der Waals surface area contributed by atoms with Gasteiger partial charge >= 0.3 is 0 Å². The lowest BCUT2D eigenvalue weighted by Gasteiger charge is -2.11. The zero-order chi connectivity index (χ0) is 27.2. The Morgan fingerprint density at radius 2 is 1.80 bits per heavy atom. The number of carbonyl (C=O) groups is 2. The number of pyridine rings is 3. The Morgan fingerprint density at radius 3 is 2.62 bits per heavy atom. The van der Waals surface area contributed by atoms with Gasteiger partial charge in [0.05, 0.1) is 51.6 Å². The number of aromatic amines is 2. The van der Waals surface area contributed by atoms with E-state index in [1.165, 1.54) is 11.3 Å². The fourth-order valence-corrected chi connectivity index (χ4v) is 6.33. The second kappa shape index (κ2) is 9.80. The summed E-state index contributed by atoms with van der Waals surface area (Å²) in [6.45, 7) is 1.58. The molecule has 0 saturated heterocycles. The maximum absolute atomic E-state index is 12.6. The summed E-state index contributed by atoms with van der Waals surface area (Å²) in [7, 11) is 0. The number of rotatable bonds is 6. The SMILES string of the molecule is CC(=O)c1ccc(-c2cncc3[nH]c(-c4n[nH]c5cnc(-c6cncc(NC(=O)C7CCCC7)c6)cc45)cc23)s1. The van der Waals surface area contributed by atoms with Crippen molar-refractivity contribution in [3.05, 3.63) is 66.2 Å². The minimum Gasteiger partial charge on any atom is -0.352 e. The van der Waals surface area contributed by atoms with Crippen LogP contribution < -0.4 is 5.32 Å². The number of Topliss-reactive ketones (excluding diaryl/α,β-unsaturated/α-hetero) is 1. The van der Waals surface area contributed by atoms with Crippen LogP contribution in [0, 0.1) is 5.92 Å². The van der Waals surface area contributed by atoms with Crippen LogP contribution in [0.15, 0.2) is 61.3 Å². The third kappa shape index (κ3) is 4.36. The van der Waals surface area contributed by atoms with Gasteiger partial charge in [-0.3, -0.25) is 29.6 Å². The minimum atomic E-state index is 0.0514. The molecule has 9 nitrogen and oxygen atoms in total. The molecule has 0 radical (unpaired) electrons. The lowest BCUT2D eigenvalue weighted by molar-refractivity contribution is -0.119. The van der Waals surface area contributed by atoms with E-state index < -0.39 is 0 Å². The number of anilines is 1. The van der Waals surface area contributed by atoms with Gasteiger partial charge in [0.1, 0.15) is 5.69 Å². The molecule has 1 amide bonds. The summed E-state index contributed by atoms with van der Waals surface area (Å²) in [6.07, 6.45) is 12.9. The third-order valence-electron chi connectivity index (χ3n) is 7.49. The van der Waals surface area contributed by atoms with E-state index in [0.717, 1.165) is 85.5 Å². The molecule has 198 valence electrons. The zero-order valence-corrected chi connectivity index (χ0v) is 22.5. The summed E-state index contributed by atoms with van der Waals surface area (Å²) in [6, 6.07) is 9.77. The predicted molar refractivity (Wildman–Crippen MR) is 156 cm³/mol. The Balaban J connectivity index is 1.24. The van der Waals surface area contributed by atoms with Crippen molar-refractivity contribution in [2.24, 2.45) is 5.92 Å². The van der Waals surface area contributed by atoms with Crippen molar-refractivity contribution in [2.45, 2.75) is 32.6 Å². The number of ketones is 1. The molecule has 6 aromatic heterocycles. The quantitative estimate of drug-likeness (QED) is 0.201. The number of carbonyl (C=O) groups excluding carboxylic acids is 2. The first-order valence-corrected chi connectivity index (χ1v) is 14.0. The molecule has 1 aliphatic carbocycles. The summed E-state index contributed by atoms with van der Waals surface area (Å²) < 4.78 is 0. The summed E-state index contributed by atoms with van der Waals surface area (Å²) in [5.41, 5.74) is 6.45. The van der Waals surface area contributed by atoms with Gasteiger partial charge in [-0.05, 0) is 50.1 Å². The van der Waals surface area contributed by atoms with Crippen molar-refractivity contribution in [1.82, 2.24) is 30.1 Å². The van der Waals surface area contributed by atoms with Gasteiger partial charge in [-0.2, -0.15) is 5.10 Å². The normalized spacial score (nSPS) is 13.8. The van der Waals surface area contributed by atoms with Gasteiger partial charge in [-0.15, -0.1) is 11.3 Å². The van der Waals surface area contributed by atoms with Crippen LogP contribution in [0.4, 0.5) is 5.69 Å². The Labute approximate surface area is 233 Å². The van der Waals surface area contributed by atoms with E-state index >= 15 is 0 Å². The van der Waals surface area contributed by atoms with Crippen LogP contribution >= 0.6 is 11.3 Å². The van der Waals surface area contributed by atoms with E-state index in [1.807, 2.05) is 30.5 Å². The lowest BCUT2D eigenvalue weighted by Crippen LogP contribution is -2.20. The Morgan fingerprint density at radius 1 is 0.950 bits per heavy atom. The molecule has 3 N–H and O–H groups in total. The number of hydrogen-bond acceptors (Lipinski definition) is 7. The fraction of sp³-hybridized carbons (Fsp3) is 0.200. The number of amides is 1. The van der Waals surface area contributed by atoms with Crippen molar-refractivity contribution in [3.63, 3.8) is 0 Å². The van der Waals surface area contributed by atoms with E-state index in [0.29, 0.717) is 5.69 Å². The predicted octanol–water partition coefficient (Wildman–Crippen LogP) is 6.62. The maximum Gasteiger partial charge on any atom is 0.227 e. The first kappa shape index (κ1) is 24.3. The molecule has 0 aromatic carbocycles. The van der Waals surface area contributed by atoms with Crippen LogP contribution in [0.3, 0.4) is 0 Å². The standard InChI is InChI=1S/C30H25N7O2S/c1-16(38)27-6-7-28(40-27)22-13-32-14-25-20(22)9-24(35-25)29-21-10-23(33-15-26(21)36-37-29)18-8-19(12-31-11-18)34-30(39)17-4-2-3-5-17/h6-15,17,35H,2-5H2,1H3,(H,34,39)(H,36,37). The van der Waals surface area contributed by atoms with Crippen LogP contribution in [0.2, 0.25) is 0 Å². The molecule has 1 saturated carbocycles. The zero-order valence-electron chi connectivity index (χ0n) is 21.7. The van der Waals surface area contributed by atoms with E-state index in [-0.39, 0.29) is 17.6 Å². The van der Waals surface area contributed by atoms with Crippen LogP contribution in [-0.4, -0.2) is 41.8 Å². The van der Waals surface area contributed by atoms with E-state index in [1.54, 1.807) is 31.7 Å². The van der Waals surface area contributed by atoms with Gasteiger partial charge < -0.3 is 10.3 Å². The van der Waals surface area contributed by atoms with Crippen molar-refractivity contribution >= 4 is 50.5 Å². The maximum atomic E-state index is 12.6. The smallest absolute Gasteiger partial charge is 0.227 e. The summed E-state index contributed by atoms with van der Waals surface area (Å²) in [5.74, 6) is 0.190. The Hall–Kier alpha value is -4.70. The average molecular weight is 548 g/mol. The Kier molecular flexibility index (Phi) is 5.96. The number of fused-ring (bicyclic) bond motifs is 2. The van der Waals surface area contributed by atoms with Crippen molar-refractivity contribution in [3.8, 4) is 33.1 Å². The largest absolute Gasteiger partial charge is 0.352 e. The van der Waals surface area contributed by atoms with Gasteiger partial charge in [-0.25, -0.2) is 0 Å². The molecule has 0 bridgehead atoms. The first-order chi connectivity index (χ1) is 19.5. The molecule has 0 unspecified atom stereocenters. The average Bonchev–Trinajstić information content (AvgIpc) is 3.78. The van der Waals surface area contributed by atoms with Gasteiger partial charge in [0, 0.05) is 45.1 Å². The molecule has 1 fully saturated rings. The number of hydrogen-bond donors (Lipinski definition) is 3. The second-order valence-electron chi connectivity index (χ2n) is 10.2. The molecule has 0 spiro atoms. The summed E-state index contributed by atoms with van der Waals surface area (Å²) in [5, 5.41) is 12.6. The second-order valence-corrected chi connectivity index (χ2v) is 11.3. The highest BCUT2D eigenvalue weighted by molar-refractivity contribution is 7.17. The number of nitrogens with one attached hydrogen (secondary N) is 3. The molecular formula is C30H25N7O2S. The number of thiophene rings is 1. The number of aromatic nitrogens is 6. The summed E-state index contributed by atoms with van der Waals surface area (Å²) >= 11 is 1.46. The van der Waals surface area contributed by atoms with Gasteiger partial charge in [0.15, 0.2) is 5.78 Å². The highest BCUT2D eigenvalue weighted by Crippen LogP contribution is 2.37. The van der Waals surface area contributed by atoms with Crippen LogP contribution in [0.1, 0.15) is 42.3 Å². The summed E-state index contributed by atoms with van der Waals surface area (Å²) in [4.78, 5) is 43.0. The molecular weight excluding hydrogens is 522 g/mol. The molecule has 6 heterocycles.